The fraction of sp³-hybridized carbons (Fsp3) is 0.727. The summed E-state index contributed by atoms with van der Waals surface area (Å²) in [6, 6.07) is 0. The van der Waals surface area contributed by atoms with E-state index >= 15 is 0 Å². The predicted octanol–water partition coefficient (Wildman–Crippen LogP) is 1.53. The first-order valence-corrected chi connectivity index (χ1v) is 10.2. The van der Waals surface area contributed by atoms with E-state index in [2.05, 4.69) is 11.7 Å². The average molecular weight is 390 g/mol. The SMILES string of the molecule is COC(=O)C(O)C1(O)CCC2C3CCC4=CC(=O)C=CC4(C)C3C(O)CC21C. The van der Waals surface area contributed by atoms with Crippen LogP contribution in [0.4, 0.5) is 0 Å². The number of methoxy groups -OCH3 is 1. The summed E-state index contributed by atoms with van der Waals surface area (Å²) in [5, 5.41) is 33.2. The van der Waals surface area contributed by atoms with Gasteiger partial charge in [0, 0.05) is 16.7 Å². The van der Waals surface area contributed by atoms with E-state index in [0.717, 1.165) is 18.4 Å². The molecule has 0 aromatic carbocycles. The minimum atomic E-state index is -1.63. The van der Waals surface area contributed by atoms with Crippen molar-refractivity contribution in [1.29, 1.82) is 0 Å². The smallest absolute Gasteiger partial charge is 0.337 e. The summed E-state index contributed by atoms with van der Waals surface area (Å²) < 4.78 is 4.68. The molecule has 0 bridgehead atoms. The van der Waals surface area contributed by atoms with Crippen molar-refractivity contribution in [3.8, 4) is 0 Å². The standard InChI is InChI=1S/C22H30O6/c1-20-8-6-13(23)10-12(20)4-5-14-15-7-9-22(27,18(25)19(26)28-3)21(15,2)11-16(24)17(14)20/h6,8,10,14-18,24-25,27H,4-5,7,9,11H2,1-3H3. The third-order valence-electron chi connectivity index (χ3n) is 8.59. The Bertz CT molecular complexity index is 771. The van der Waals surface area contributed by atoms with Gasteiger partial charge in [-0.2, -0.15) is 0 Å². The highest BCUT2D eigenvalue weighted by Gasteiger charge is 2.68. The molecule has 28 heavy (non-hydrogen) atoms. The zero-order chi connectivity index (χ0) is 20.5. The maximum Gasteiger partial charge on any atom is 0.337 e. The molecule has 0 saturated heterocycles. The van der Waals surface area contributed by atoms with Crippen LogP contribution in [0.25, 0.3) is 0 Å². The lowest BCUT2D eigenvalue weighted by molar-refractivity contribution is -0.209. The molecule has 0 aliphatic heterocycles. The maximum atomic E-state index is 12.0. The van der Waals surface area contributed by atoms with Crippen molar-refractivity contribution >= 4 is 11.8 Å². The summed E-state index contributed by atoms with van der Waals surface area (Å²) >= 11 is 0. The summed E-state index contributed by atoms with van der Waals surface area (Å²) in [6.07, 6.45) is 5.82. The van der Waals surface area contributed by atoms with E-state index in [-0.39, 0.29) is 29.0 Å². The number of esters is 1. The number of aliphatic hydroxyl groups excluding tert-OH is 2. The van der Waals surface area contributed by atoms with Gasteiger partial charge in [0.2, 0.25) is 0 Å². The van der Waals surface area contributed by atoms with Crippen LogP contribution in [0.5, 0.6) is 0 Å². The predicted molar refractivity (Wildman–Crippen MR) is 101 cm³/mol. The number of rotatable bonds is 2. The van der Waals surface area contributed by atoms with E-state index in [0.29, 0.717) is 19.3 Å². The van der Waals surface area contributed by atoms with Crippen LogP contribution in [0, 0.1) is 28.6 Å². The van der Waals surface area contributed by atoms with Gasteiger partial charge >= 0.3 is 5.97 Å². The summed E-state index contributed by atoms with van der Waals surface area (Å²) in [5.74, 6) is -0.664. The molecular formula is C22H30O6. The Balaban J connectivity index is 1.72. The van der Waals surface area contributed by atoms with E-state index in [4.69, 9.17) is 0 Å². The number of carbonyl (C=O) groups is 2. The molecule has 0 heterocycles. The van der Waals surface area contributed by atoms with E-state index < -0.39 is 29.2 Å². The summed E-state index contributed by atoms with van der Waals surface area (Å²) in [5.41, 5.74) is -1.70. The van der Waals surface area contributed by atoms with E-state index in [1.54, 1.807) is 12.2 Å². The van der Waals surface area contributed by atoms with Crippen LogP contribution in [0.15, 0.2) is 23.8 Å². The van der Waals surface area contributed by atoms with Gasteiger partial charge in [0.25, 0.3) is 0 Å². The summed E-state index contributed by atoms with van der Waals surface area (Å²) in [7, 11) is 1.20. The number of allylic oxidation sites excluding steroid dienone is 4. The fourth-order valence-corrected chi connectivity index (χ4v) is 7.12. The lowest BCUT2D eigenvalue weighted by Gasteiger charge is -2.60. The molecule has 6 heteroatoms. The molecule has 6 nitrogen and oxygen atoms in total. The number of aliphatic hydroxyl groups is 3. The Morgan fingerprint density at radius 3 is 2.71 bits per heavy atom. The lowest BCUT2D eigenvalue weighted by atomic mass is 9.46. The average Bonchev–Trinajstić information content (AvgIpc) is 2.92. The molecule has 0 amide bonds. The molecule has 154 valence electrons. The molecule has 8 atom stereocenters. The summed E-state index contributed by atoms with van der Waals surface area (Å²) in [6.45, 7) is 3.99. The van der Waals surface area contributed by atoms with Gasteiger partial charge in [0.15, 0.2) is 11.9 Å². The van der Waals surface area contributed by atoms with Crippen molar-refractivity contribution in [2.75, 3.05) is 7.11 Å². The molecule has 0 aromatic rings. The zero-order valence-corrected chi connectivity index (χ0v) is 16.7. The van der Waals surface area contributed by atoms with Crippen molar-refractivity contribution in [3.05, 3.63) is 23.8 Å². The molecule has 4 aliphatic carbocycles. The normalized spacial score (nSPS) is 48.2. The van der Waals surface area contributed by atoms with Crippen LogP contribution in [0.3, 0.4) is 0 Å². The van der Waals surface area contributed by atoms with Crippen molar-refractivity contribution < 1.29 is 29.6 Å². The Morgan fingerprint density at radius 2 is 2.04 bits per heavy atom. The second-order valence-corrected chi connectivity index (χ2v) is 9.60. The Hall–Kier alpha value is -1.50. The van der Waals surface area contributed by atoms with Crippen LogP contribution >= 0.6 is 0 Å². The van der Waals surface area contributed by atoms with Crippen LogP contribution in [0.1, 0.15) is 46.0 Å². The van der Waals surface area contributed by atoms with Gasteiger partial charge in [-0.25, -0.2) is 4.79 Å². The van der Waals surface area contributed by atoms with Gasteiger partial charge in [0.1, 0.15) is 5.60 Å². The molecule has 4 aliphatic rings. The van der Waals surface area contributed by atoms with Gasteiger partial charge in [-0.15, -0.1) is 0 Å². The number of fused-ring (bicyclic) bond motifs is 5. The highest BCUT2D eigenvalue weighted by molar-refractivity contribution is 6.01. The number of ether oxygens (including phenoxy) is 1. The second-order valence-electron chi connectivity index (χ2n) is 9.60. The van der Waals surface area contributed by atoms with Gasteiger partial charge in [-0.05, 0) is 56.1 Å². The Kier molecular flexibility index (Phi) is 4.42. The Labute approximate surface area is 165 Å². The van der Waals surface area contributed by atoms with Gasteiger partial charge < -0.3 is 20.1 Å². The highest BCUT2D eigenvalue weighted by Crippen LogP contribution is 2.67. The van der Waals surface area contributed by atoms with Crippen molar-refractivity contribution in [3.63, 3.8) is 0 Å². The second kappa shape index (κ2) is 6.25. The molecule has 0 aromatic heterocycles. The lowest BCUT2D eigenvalue weighted by Crippen LogP contribution is -2.63. The molecule has 0 spiro atoms. The van der Waals surface area contributed by atoms with Crippen LogP contribution in [-0.4, -0.2) is 52.0 Å². The molecule has 4 rings (SSSR count). The molecule has 0 radical (unpaired) electrons. The first-order valence-electron chi connectivity index (χ1n) is 10.2. The molecular weight excluding hydrogens is 360 g/mol. The molecule has 3 saturated carbocycles. The maximum absolute atomic E-state index is 12.0. The largest absolute Gasteiger partial charge is 0.467 e. The third kappa shape index (κ3) is 2.37. The zero-order valence-electron chi connectivity index (χ0n) is 16.7. The number of ketones is 1. The fourth-order valence-electron chi connectivity index (χ4n) is 7.12. The number of hydrogen-bond acceptors (Lipinski definition) is 6. The summed E-state index contributed by atoms with van der Waals surface area (Å²) in [4.78, 5) is 23.9. The van der Waals surface area contributed by atoms with Gasteiger partial charge in [-0.3, -0.25) is 4.79 Å². The van der Waals surface area contributed by atoms with Crippen molar-refractivity contribution in [2.24, 2.45) is 28.6 Å². The van der Waals surface area contributed by atoms with Crippen LogP contribution < -0.4 is 0 Å². The number of carbonyl (C=O) groups excluding carboxylic acids is 2. The molecule has 3 fully saturated rings. The van der Waals surface area contributed by atoms with E-state index in [1.165, 1.54) is 7.11 Å². The minimum Gasteiger partial charge on any atom is -0.467 e. The van der Waals surface area contributed by atoms with E-state index in [1.807, 2.05) is 13.0 Å². The topological polar surface area (TPSA) is 104 Å². The monoisotopic (exact) mass is 390 g/mol. The molecule has 8 unspecified atom stereocenters. The van der Waals surface area contributed by atoms with E-state index in [9.17, 15) is 24.9 Å². The van der Waals surface area contributed by atoms with Gasteiger partial charge in [-0.1, -0.05) is 25.5 Å². The third-order valence-corrected chi connectivity index (χ3v) is 8.59. The minimum absolute atomic E-state index is 0.00231. The van der Waals surface area contributed by atoms with Gasteiger partial charge in [0.05, 0.1) is 13.2 Å². The molecule has 3 N–H and O–H groups in total. The van der Waals surface area contributed by atoms with Crippen molar-refractivity contribution in [1.82, 2.24) is 0 Å². The van der Waals surface area contributed by atoms with Crippen LogP contribution in [0.2, 0.25) is 0 Å². The van der Waals surface area contributed by atoms with Crippen LogP contribution in [-0.2, 0) is 14.3 Å². The first-order chi connectivity index (χ1) is 13.1. The first kappa shape index (κ1) is 19.8. The Morgan fingerprint density at radius 1 is 1.32 bits per heavy atom. The quantitative estimate of drug-likeness (QED) is 0.618. The van der Waals surface area contributed by atoms with Crippen molar-refractivity contribution in [2.45, 2.75) is 63.8 Å². The highest BCUT2D eigenvalue weighted by atomic mass is 16.5. The number of hydrogen-bond donors (Lipinski definition) is 3.